The highest BCUT2D eigenvalue weighted by Crippen LogP contribution is 2.39. The van der Waals surface area contributed by atoms with Gasteiger partial charge >= 0.3 is 5.97 Å². The van der Waals surface area contributed by atoms with Gasteiger partial charge in [-0.2, -0.15) is 0 Å². The van der Waals surface area contributed by atoms with Crippen LogP contribution in [0.15, 0.2) is 42.5 Å². The molecule has 1 aliphatic heterocycles. The number of carbonyl (C=O) groups excluding carboxylic acids is 1. The first-order valence-electron chi connectivity index (χ1n) is 9.36. The molecule has 162 valence electrons. The van der Waals surface area contributed by atoms with Crippen LogP contribution in [0.25, 0.3) is 5.69 Å². The normalized spacial score (nSPS) is 15.3. The number of hydrogen-bond acceptors (Lipinski definition) is 5. The van der Waals surface area contributed by atoms with E-state index in [9.17, 15) is 9.59 Å². The van der Waals surface area contributed by atoms with E-state index in [2.05, 4.69) is 20.4 Å². The summed E-state index contributed by atoms with van der Waals surface area (Å²) in [6.07, 6.45) is 0. The van der Waals surface area contributed by atoms with Gasteiger partial charge in [0.15, 0.2) is 5.82 Å². The lowest BCUT2D eigenvalue weighted by molar-refractivity contribution is -0.135. The number of fused-ring (bicyclic) bond motifs is 3. The maximum absolute atomic E-state index is 12.5. The quantitative estimate of drug-likeness (QED) is 0.619. The Morgan fingerprint density at radius 1 is 1.19 bits per heavy atom. The number of aliphatic carboxylic acids is 1. The van der Waals surface area contributed by atoms with Gasteiger partial charge in [-0.1, -0.05) is 29.8 Å². The van der Waals surface area contributed by atoms with E-state index >= 15 is 0 Å². The Bertz CT molecular complexity index is 1150. The molecular formula is C21H21Cl2N5O3. The number of nitrogens with zero attached hydrogens (tertiary/aromatic N) is 4. The van der Waals surface area contributed by atoms with Crippen molar-refractivity contribution in [2.24, 2.45) is 0 Å². The number of carboxylic acid groups (broad SMARTS) is 1. The van der Waals surface area contributed by atoms with Crippen molar-refractivity contribution >= 4 is 35.9 Å². The van der Waals surface area contributed by atoms with Crippen LogP contribution in [0.4, 0.5) is 0 Å². The lowest BCUT2D eigenvalue weighted by Crippen LogP contribution is -2.29. The van der Waals surface area contributed by atoms with Gasteiger partial charge in [0.1, 0.15) is 12.4 Å². The summed E-state index contributed by atoms with van der Waals surface area (Å²) >= 11 is 6.54. The molecule has 2 N–H and O–H groups in total. The lowest BCUT2D eigenvalue weighted by atomic mass is 9.94. The van der Waals surface area contributed by atoms with Crippen molar-refractivity contribution in [3.05, 3.63) is 75.8 Å². The number of rotatable bonds is 4. The van der Waals surface area contributed by atoms with E-state index in [0.717, 1.165) is 28.5 Å². The summed E-state index contributed by atoms with van der Waals surface area (Å²) in [4.78, 5) is 25.5. The molecule has 0 spiro atoms. The molecule has 8 nitrogen and oxygen atoms in total. The number of aromatic nitrogens is 3. The molecule has 0 saturated carbocycles. The first-order valence-corrected chi connectivity index (χ1v) is 9.74. The van der Waals surface area contributed by atoms with E-state index in [-0.39, 0.29) is 18.4 Å². The second-order valence-electron chi connectivity index (χ2n) is 7.19. The van der Waals surface area contributed by atoms with E-state index in [4.69, 9.17) is 16.7 Å². The number of hydrogen-bond donors (Lipinski definition) is 2. The SMILES string of the molecule is Cc1nnc2n1-c1ccc(C(=O)NCC(=O)O)cc1C(c1ccccc1Cl)N(C)C2.Cl. The van der Waals surface area contributed by atoms with Crippen molar-refractivity contribution in [3.63, 3.8) is 0 Å². The van der Waals surface area contributed by atoms with Crippen LogP contribution in [-0.2, 0) is 11.3 Å². The van der Waals surface area contributed by atoms with Crippen molar-refractivity contribution in [2.75, 3.05) is 13.6 Å². The van der Waals surface area contributed by atoms with Crippen LogP contribution in [0.3, 0.4) is 0 Å². The molecule has 2 aromatic carbocycles. The Morgan fingerprint density at radius 3 is 2.65 bits per heavy atom. The summed E-state index contributed by atoms with van der Waals surface area (Å²) in [5.74, 6) is -0.0290. The molecule has 31 heavy (non-hydrogen) atoms. The summed E-state index contributed by atoms with van der Waals surface area (Å²) in [6.45, 7) is 1.97. The fraction of sp³-hybridized carbons (Fsp3) is 0.238. The van der Waals surface area contributed by atoms with Gasteiger partial charge in [0, 0.05) is 10.6 Å². The standard InChI is InChI=1S/C21H20ClN5O3.ClH/c1-12-24-25-18-11-26(2)20(14-5-3-4-6-16(14)22)15-9-13(7-8-17(15)27(12)18)21(30)23-10-19(28)29;/h3-9,20H,10-11H2,1-2H3,(H,23,30)(H,28,29);1H. The van der Waals surface area contributed by atoms with Crippen molar-refractivity contribution in [1.82, 2.24) is 25.0 Å². The van der Waals surface area contributed by atoms with Crippen molar-refractivity contribution in [2.45, 2.75) is 19.5 Å². The Kier molecular flexibility index (Phi) is 6.64. The monoisotopic (exact) mass is 461 g/mol. The molecule has 1 aromatic heterocycles. The third-order valence-electron chi connectivity index (χ3n) is 5.15. The van der Waals surface area contributed by atoms with Gasteiger partial charge in [0.25, 0.3) is 5.91 Å². The van der Waals surface area contributed by atoms with Crippen LogP contribution in [0, 0.1) is 6.92 Å². The molecule has 0 radical (unpaired) electrons. The fourth-order valence-electron chi connectivity index (χ4n) is 3.85. The fourth-order valence-corrected chi connectivity index (χ4v) is 4.09. The van der Waals surface area contributed by atoms with E-state index in [1.165, 1.54) is 0 Å². The zero-order valence-electron chi connectivity index (χ0n) is 16.9. The second kappa shape index (κ2) is 9.05. The maximum Gasteiger partial charge on any atom is 0.322 e. The smallest absolute Gasteiger partial charge is 0.322 e. The molecule has 1 atom stereocenters. The molecule has 1 unspecified atom stereocenters. The number of amides is 1. The Morgan fingerprint density at radius 2 is 1.94 bits per heavy atom. The van der Waals surface area contributed by atoms with Gasteiger partial charge in [0.2, 0.25) is 0 Å². The van der Waals surface area contributed by atoms with Gasteiger partial charge in [-0.25, -0.2) is 0 Å². The Labute approximate surface area is 190 Å². The Hall–Kier alpha value is -2.94. The Balaban J connectivity index is 0.00000272. The molecule has 1 amide bonds. The molecular weight excluding hydrogens is 441 g/mol. The number of aryl methyl sites for hydroxylation is 1. The predicted molar refractivity (Wildman–Crippen MR) is 118 cm³/mol. The summed E-state index contributed by atoms with van der Waals surface area (Å²) in [7, 11) is 1.97. The second-order valence-corrected chi connectivity index (χ2v) is 7.60. The summed E-state index contributed by atoms with van der Waals surface area (Å²) in [5.41, 5.74) is 2.99. The van der Waals surface area contributed by atoms with E-state index in [1.807, 2.05) is 48.9 Å². The highest BCUT2D eigenvalue weighted by atomic mass is 35.5. The largest absolute Gasteiger partial charge is 0.480 e. The average molecular weight is 462 g/mol. The number of halogens is 2. The van der Waals surface area contributed by atoms with Crippen molar-refractivity contribution in [3.8, 4) is 5.69 Å². The molecule has 1 aliphatic rings. The molecule has 4 rings (SSSR count). The van der Waals surface area contributed by atoms with Crippen LogP contribution in [0.2, 0.25) is 5.02 Å². The third kappa shape index (κ3) is 4.27. The molecule has 0 aliphatic carbocycles. The van der Waals surface area contributed by atoms with Crippen LogP contribution < -0.4 is 5.32 Å². The first-order chi connectivity index (χ1) is 14.4. The van der Waals surface area contributed by atoms with Gasteiger partial charge in [0.05, 0.1) is 18.3 Å². The van der Waals surface area contributed by atoms with Crippen LogP contribution in [-0.4, -0.2) is 50.2 Å². The molecule has 0 bridgehead atoms. The van der Waals surface area contributed by atoms with E-state index in [1.54, 1.807) is 12.1 Å². The minimum atomic E-state index is -1.10. The minimum absolute atomic E-state index is 0. The van der Waals surface area contributed by atoms with Gasteiger partial charge in [-0.15, -0.1) is 22.6 Å². The number of carboxylic acids is 1. The zero-order valence-corrected chi connectivity index (χ0v) is 18.4. The molecule has 0 saturated heterocycles. The third-order valence-corrected chi connectivity index (χ3v) is 5.49. The zero-order chi connectivity index (χ0) is 21.4. The summed E-state index contributed by atoms with van der Waals surface area (Å²) in [6, 6.07) is 12.7. The van der Waals surface area contributed by atoms with Crippen molar-refractivity contribution < 1.29 is 14.7 Å². The van der Waals surface area contributed by atoms with Gasteiger partial charge in [-0.3, -0.25) is 19.1 Å². The van der Waals surface area contributed by atoms with Crippen LogP contribution in [0.5, 0.6) is 0 Å². The number of nitrogens with one attached hydrogen (secondary N) is 1. The van der Waals surface area contributed by atoms with Crippen LogP contribution in [0.1, 0.15) is 39.2 Å². The van der Waals surface area contributed by atoms with Crippen LogP contribution >= 0.6 is 24.0 Å². The van der Waals surface area contributed by atoms with E-state index in [0.29, 0.717) is 17.1 Å². The van der Waals surface area contributed by atoms with Gasteiger partial charge in [-0.05, 0) is 49.4 Å². The maximum atomic E-state index is 12.5. The molecule has 3 aromatic rings. The summed E-state index contributed by atoms with van der Waals surface area (Å²) in [5, 5.41) is 20.4. The molecule has 0 fully saturated rings. The highest BCUT2D eigenvalue weighted by molar-refractivity contribution is 6.31. The molecule has 10 heteroatoms. The number of benzene rings is 2. The van der Waals surface area contributed by atoms with Crippen molar-refractivity contribution in [1.29, 1.82) is 0 Å². The molecule has 2 heterocycles. The first kappa shape index (κ1) is 22.7. The predicted octanol–water partition coefficient (Wildman–Crippen LogP) is 3.00. The van der Waals surface area contributed by atoms with E-state index < -0.39 is 18.4 Å². The highest BCUT2D eigenvalue weighted by Gasteiger charge is 2.31. The van der Waals surface area contributed by atoms with Gasteiger partial charge < -0.3 is 10.4 Å². The average Bonchev–Trinajstić information content (AvgIpc) is 3.01. The topological polar surface area (TPSA) is 100 Å². The minimum Gasteiger partial charge on any atom is -0.480 e. The number of carbonyl (C=O) groups is 2. The lowest BCUT2D eigenvalue weighted by Gasteiger charge is -2.28. The summed E-state index contributed by atoms with van der Waals surface area (Å²) < 4.78 is 1.97.